The minimum Gasteiger partial charge on any atom is -0.126 e. The first-order valence-corrected chi connectivity index (χ1v) is 5.04. The Bertz CT molecular complexity index is 143. The maximum Gasteiger partial charge on any atom is 0.0254 e. The van der Waals surface area contributed by atoms with Gasteiger partial charge in [-0.1, -0.05) is 17.7 Å². The van der Waals surface area contributed by atoms with Gasteiger partial charge in [0.05, 0.1) is 0 Å². The van der Waals surface area contributed by atoms with Crippen LogP contribution in [-0.4, -0.2) is 5.88 Å². The average molecular weight is 187 g/mol. The third kappa shape index (κ3) is 6.48. The molecule has 0 saturated heterocycles. The van der Waals surface area contributed by atoms with Crippen molar-refractivity contribution in [1.82, 2.24) is 0 Å². The maximum atomic E-state index is 5.79. The van der Waals surface area contributed by atoms with Crippen LogP contribution in [0, 0.1) is 5.92 Å². The molecule has 0 heterocycles. The first-order chi connectivity index (χ1) is 5.70. The van der Waals surface area contributed by atoms with Gasteiger partial charge in [-0.2, -0.15) is 0 Å². The molecule has 0 saturated carbocycles. The maximum absolute atomic E-state index is 5.79. The van der Waals surface area contributed by atoms with Gasteiger partial charge in [-0.05, 0) is 39.0 Å². The van der Waals surface area contributed by atoms with E-state index in [4.69, 9.17) is 11.6 Å². The molecule has 0 amide bonds. The van der Waals surface area contributed by atoms with Crippen LogP contribution in [0.5, 0.6) is 0 Å². The highest BCUT2D eigenvalue weighted by Crippen LogP contribution is 2.14. The van der Waals surface area contributed by atoms with Crippen LogP contribution in [-0.2, 0) is 0 Å². The molecular weight excluding hydrogens is 168 g/mol. The van der Waals surface area contributed by atoms with E-state index in [0.717, 1.165) is 18.7 Å². The van der Waals surface area contributed by atoms with E-state index in [1.165, 1.54) is 12.0 Å². The normalized spacial score (nSPS) is 12.2. The number of hydrogen-bond donors (Lipinski definition) is 0. The topological polar surface area (TPSA) is 0 Å². The summed E-state index contributed by atoms with van der Waals surface area (Å²) in [6.07, 6.45) is 7.59. The van der Waals surface area contributed by atoms with Crippen molar-refractivity contribution in [3.63, 3.8) is 0 Å². The predicted octanol–water partition coefficient (Wildman–Crippen LogP) is 4.16. The van der Waals surface area contributed by atoms with Crippen LogP contribution in [0.25, 0.3) is 0 Å². The van der Waals surface area contributed by atoms with E-state index in [2.05, 4.69) is 26.5 Å². The molecule has 0 radical (unpaired) electrons. The molecule has 0 rings (SSSR count). The van der Waals surface area contributed by atoms with Crippen LogP contribution >= 0.6 is 11.6 Å². The zero-order valence-corrected chi connectivity index (χ0v) is 8.90. The Labute approximate surface area is 81.3 Å². The van der Waals surface area contributed by atoms with Crippen LogP contribution in [0.1, 0.15) is 33.1 Å². The molecule has 0 aliphatic heterocycles. The zero-order chi connectivity index (χ0) is 9.40. The Morgan fingerprint density at radius 2 is 2.17 bits per heavy atom. The lowest BCUT2D eigenvalue weighted by Gasteiger charge is -2.08. The van der Waals surface area contributed by atoms with E-state index >= 15 is 0 Å². The number of allylic oxidation sites excluding steroid dienone is 3. The summed E-state index contributed by atoms with van der Waals surface area (Å²) in [5.41, 5.74) is 1.39. The molecule has 0 N–H and O–H groups in total. The minimum absolute atomic E-state index is 0.611. The van der Waals surface area contributed by atoms with Crippen molar-refractivity contribution < 1.29 is 0 Å². The molecule has 12 heavy (non-hydrogen) atoms. The first kappa shape index (κ1) is 11.8. The quantitative estimate of drug-likeness (QED) is 0.432. The Balaban J connectivity index is 3.57. The van der Waals surface area contributed by atoms with Crippen LogP contribution in [0.2, 0.25) is 0 Å². The molecule has 0 fully saturated rings. The first-order valence-electron chi connectivity index (χ1n) is 4.51. The summed E-state index contributed by atoms with van der Waals surface area (Å²) in [6, 6.07) is 0. The van der Waals surface area contributed by atoms with Gasteiger partial charge in [0.25, 0.3) is 0 Å². The highest BCUT2D eigenvalue weighted by Gasteiger charge is 2.02. The highest BCUT2D eigenvalue weighted by molar-refractivity contribution is 6.18. The Hall–Kier alpha value is -0.230. The van der Waals surface area contributed by atoms with Crippen molar-refractivity contribution >= 4 is 11.6 Å². The predicted molar refractivity (Wildman–Crippen MR) is 57.7 cm³/mol. The van der Waals surface area contributed by atoms with E-state index in [9.17, 15) is 0 Å². The summed E-state index contributed by atoms with van der Waals surface area (Å²) >= 11 is 5.79. The number of alkyl halides is 1. The fourth-order valence-corrected chi connectivity index (χ4v) is 1.38. The second-order valence-electron chi connectivity index (χ2n) is 3.40. The summed E-state index contributed by atoms with van der Waals surface area (Å²) in [6.45, 7) is 7.97. The van der Waals surface area contributed by atoms with Gasteiger partial charge in [0.1, 0.15) is 0 Å². The third-order valence-corrected chi connectivity index (χ3v) is 2.28. The molecule has 0 aromatic heterocycles. The van der Waals surface area contributed by atoms with E-state index in [0.29, 0.717) is 5.92 Å². The number of hydrogen-bond acceptors (Lipinski definition) is 0. The lowest BCUT2D eigenvalue weighted by atomic mass is 10.0. The monoisotopic (exact) mass is 186 g/mol. The van der Waals surface area contributed by atoms with Gasteiger partial charge in [0, 0.05) is 5.88 Å². The van der Waals surface area contributed by atoms with Crippen molar-refractivity contribution in [3.8, 4) is 0 Å². The van der Waals surface area contributed by atoms with Crippen LogP contribution < -0.4 is 0 Å². The molecule has 0 aromatic rings. The molecule has 1 unspecified atom stereocenters. The lowest BCUT2D eigenvalue weighted by Crippen LogP contribution is -1.99. The lowest BCUT2D eigenvalue weighted by molar-refractivity contribution is 0.552. The highest BCUT2D eigenvalue weighted by atomic mass is 35.5. The molecule has 0 bridgehead atoms. The molecule has 0 aliphatic carbocycles. The van der Waals surface area contributed by atoms with Gasteiger partial charge in [0.2, 0.25) is 0 Å². The molecule has 0 spiro atoms. The van der Waals surface area contributed by atoms with E-state index in [1.54, 1.807) is 0 Å². The van der Waals surface area contributed by atoms with Crippen molar-refractivity contribution in [2.24, 2.45) is 5.92 Å². The van der Waals surface area contributed by atoms with Gasteiger partial charge in [0.15, 0.2) is 0 Å². The van der Waals surface area contributed by atoms with Gasteiger partial charge in [-0.3, -0.25) is 0 Å². The summed E-state index contributed by atoms with van der Waals surface area (Å²) in [4.78, 5) is 0. The van der Waals surface area contributed by atoms with Gasteiger partial charge in [-0.25, -0.2) is 0 Å². The molecule has 0 nitrogen and oxygen atoms in total. The van der Waals surface area contributed by atoms with Crippen LogP contribution in [0.4, 0.5) is 0 Å². The molecule has 0 aromatic carbocycles. The van der Waals surface area contributed by atoms with Crippen LogP contribution in [0.3, 0.4) is 0 Å². The molecule has 0 aliphatic rings. The minimum atomic E-state index is 0.611. The van der Waals surface area contributed by atoms with Crippen molar-refractivity contribution in [2.45, 2.75) is 33.1 Å². The fraction of sp³-hybridized carbons (Fsp3) is 0.636. The molecule has 1 heteroatoms. The summed E-state index contributed by atoms with van der Waals surface area (Å²) in [7, 11) is 0. The Kier molecular flexibility index (Phi) is 7.28. The molecule has 1 atom stereocenters. The Morgan fingerprint density at radius 3 is 2.58 bits per heavy atom. The van der Waals surface area contributed by atoms with Crippen molar-refractivity contribution in [3.05, 3.63) is 24.3 Å². The Morgan fingerprint density at radius 1 is 1.50 bits per heavy atom. The number of halogens is 1. The largest absolute Gasteiger partial charge is 0.126 e. The van der Waals surface area contributed by atoms with Gasteiger partial charge < -0.3 is 0 Å². The summed E-state index contributed by atoms with van der Waals surface area (Å²) in [5, 5.41) is 0. The summed E-state index contributed by atoms with van der Waals surface area (Å²) in [5.74, 6) is 1.36. The SMILES string of the molecule is C=CCC(CCl)CCC=C(C)C. The fourth-order valence-electron chi connectivity index (χ4n) is 1.10. The smallest absolute Gasteiger partial charge is 0.0254 e. The zero-order valence-electron chi connectivity index (χ0n) is 8.15. The van der Waals surface area contributed by atoms with Crippen LogP contribution in [0.15, 0.2) is 24.3 Å². The standard InChI is InChI=1S/C11H19Cl/c1-4-6-11(9-12)8-5-7-10(2)3/h4,7,11H,1,5-6,8-9H2,2-3H3. The average Bonchev–Trinajstić information content (AvgIpc) is 2.02. The van der Waals surface area contributed by atoms with Gasteiger partial charge in [-0.15, -0.1) is 18.2 Å². The third-order valence-electron chi connectivity index (χ3n) is 1.85. The van der Waals surface area contributed by atoms with Crippen molar-refractivity contribution in [1.29, 1.82) is 0 Å². The molecule has 70 valence electrons. The van der Waals surface area contributed by atoms with E-state index in [-0.39, 0.29) is 0 Å². The second-order valence-corrected chi connectivity index (χ2v) is 3.71. The van der Waals surface area contributed by atoms with E-state index in [1.807, 2.05) is 6.08 Å². The second kappa shape index (κ2) is 7.42. The van der Waals surface area contributed by atoms with E-state index < -0.39 is 0 Å². The molecular formula is C11H19Cl. The van der Waals surface area contributed by atoms with Crippen molar-refractivity contribution in [2.75, 3.05) is 5.88 Å². The summed E-state index contributed by atoms with van der Waals surface area (Å²) < 4.78 is 0. The van der Waals surface area contributed by atoms with Gasteiger partial charge >= 0.3 is 0 Å². The number of rotatable bonds is 6.